The van der Waals surface area contributed by atoms with Gasteiger partial charge in [0.15, 0.2) is 0 Å². The average Bonchev–Trinajstić information content (AvgIpc) is 2.71. The minimum atomic E-state index is -0.0722. The molecule has 0 fully saturated rings. The lowest BCUT2D eigenvalue weighted by molar-refractivity contribution is 0.540. The zero-order valence-electron chi connectivity index (χ0n) is 11.3. The van der Waals surface area contributed by atoms with Crippen molar-refractivity contribution in [2.24, 2.45) is 0 Å². The summed E-state index contributed by atoms with van der Waals surface area (Å²) >= 11 is 3.55. The Kier molecular flexibility index (Phi) is 3.35. The van der Waals surface area contributed by atoms with E-state index < -0.39 is 0 Å². The monoisotopic (exact) mass is 325 g/mol. The number of hydrogen-bond acceptors (Lipinski definition) is 1. The van der Waals surface area contributed by atoms with Gasteiger partial charge in [0.25, 0.3) is 0 Å². The second-order valence-electron chi connectivity index (χ2n) is 5.24. The van der Waals surface area contributed by atoms with Gasteiger partial charge in [0.2, 0.25) is 0 Å². The summed E-state index contributed by atoms with van der Waals surface area (Å²) in [4.78, 5) is 4.30. The van der Waals surface area contributed by atoms with Crippen LogP contribution in [0.4, 0.5) is 0 Å². The van der Waals surface area contributed by atoms with Gasteiger partial charge in [-0.15, -0.1) is 6.58 Å². The van der Waals surface area contributed by atoms with Crippen molar-refractivity contribution in [3.8, 4) is 11.1 Å². The van der Waals surface area contributed by atoms with Crippen LogP contribution < -0.4 is 0 Å². The predicted octanol–water partition coefficient (Wildman–Crippen LogP) is 5.22. The molecule has 0 saturated carbocycles. The maximum atomic E-state index is 4.30. The molecule has 1 aliphatic carbocycles. The molecular weight excluding hydrogens is 310 g/mol. The Morgan fingerprint density at radius 3 is 2.70 bits per heavy atom. The smallest absolute Gasteiger partial charge is 0.0349 e. The summed E-state index contributed by atoms with van der Waals surface area (Å²) in [7, 11) is 0. The average molecular weight is 326 g/mol. The number of nitrogens with zero attached hydrogens (tertiary/aromatic N) is 1. The molecule has 100 valence electrons. The molecule has 3 rings (SSSR count). The summed E-state index contributed by atoms with van der Waals surface area (Å²) in [5, 5.41) is 0. The Balaban J connectivity index is 2.32. The quantitative estimate of drug-likeness (QED) is 0.702. The molecule has 0 aliphatic heterocycles. The first-order valence-corrected chi connectivity index (χ1v) is 7.47. The van der Waals surface area contributed by atoms with Crippen LogP contribution in [0.2, 0.25) is 0 Å². The highest BCUT2D eigenvalue weighted by Gasteiger charge is 2.42. The summed E-state index contributed by atoms with van der Waals surface area (Å²) in [5.74, 6) is 0. The van der Waals surface area contributed by atoms with Gasteiger partial charge in [0.1, 0.15) is 0 Å². The van der Waals surface area contributed by atoms with Gasteiger partial charge in [-0.3, -0.25) is 4.98 Å². The highest BCUT2D eigenvalue weighted by Crippen LogP contribution is 2.53. The summed E-state index contributed by atoms with van der Waals surface area (Å²) in [6.45, 7) is 8.02. The van der Waals surface area contributed by atoms with E-state index in [1.165, 1.54) is 22.3 Å². The number of aromatic nitrogens is 1. The molecular formula is C18H16BrN. The summed E-state index contributed by atoms with van der Waals surface area (Å²) in [6, 6.07) is 10.7. The summed E-state index contributed by atoms with van der Waals surface area (Å²) in [6.07, 6.45) is 7.61. The van der Waals surface area contributed by atoms with E-state index in [1.54, 1.807) is 0 Å². The molecule has 1 nitrogen and oxygen atoms in total. The second kappa shape index (κ2) is 5.02. The Labute approximate surface area is 128 Å². The Hall–Kier alpha value is -1.67. The SMILES string of the molecule is C=CCC1(CC(=C)Br)c2ccccc2-c2cnccc21. The summed E-state index contributed by atoms with van der Waals surface area (Å²) in [5.41, 5.74) is 5.12. The number of halogens is 1. The maximum absolute atomic E-state index is 4.30. The molecule has 0 N–H and O–H groups in total. The topological polar surface area (TPSA) is 12.9 Å². The molecule has 2 aromatic rings. The Bertz CT molecular complexity index is 642. The molecule has 1 aromatic carbocycles. The summed E-state index contributed by atoms with van der Waals surface area (Å²) < 4.78 is 1.01. The number of rotatable bonds is 4. The van der Waals surface area contributed by atoms with Gasteiger partial charge in [0.05, 0.1) is 0 Å². The first-order chi connectivity index (χ1) is 9.69. The second-order valence-corrected chi connectivity index (χ2v) is 6.36. The first kappa shape index (κ1) is 13.3. The molecule has 0 bridgehead atoms. The number of hydrogen-bond donors (Lipinski definition) is 0. The third-order valence-corrected chi connectivity index (χ3v) is 4.34. The number of fused-ring (bicyclic) bond motifs is 3. The third-order valence-electron chi connectivity index (χ3n) is 4.06. The predicted molar refractivity (Wildman–Crippen MR) is 88.0 cm³/mol. The van der Waals surface area contributed by atoms with Gasteiger partial charge < -0.3 is 0 Å². The highest BCUT2D eigenvalue weighted by atomic mass is 79.9. The van der Waals surface area contributed by atoms with Crippen molar-refractivity contribution in [3.63, 3.8) is 0 Å². The van der Waals surface area contributed by atoms with Crippen molar-refractivity contribution in [1.82, 2.24) is 4.98 Å². The van der Waals surface area contributed by atoms with E-state index in [9.17, 15) is 0 Å². The number of allylic oxidation sites excluding steroid dienone is 2. The van der Waals surface area contributed by atoms with Crippen molar-refractivity contribution < 1.29 is 0 Å². The van der Waals surface area contributed by atoms with E-state index in [2.05, 4.69) is 64.4 Å². The number of pyridine rings is 1. The minimum Gasteiger partial charge on any atom is -0.264 e. The van der Waals surface area contributed by atoms with Gasteiger partial charge in [0, 0.05) is 23.4 Å². The van der Waals surface area contributed by atoms with Gasteiger partial charge in [-0.1, -0.05) is 52.9 Å². The van der Waals surface area contributed by atoms with Crippen molar-refractivity contribution in [2.75, 3.05) is 0 Å². The van der Waals surface area contributed by atoms with Crippen LogP contribution in [0, 0.1) is 0 Å². The molecule has 1 aliphatic rings. The zero-order valence-corrected chi connectivity index (χ0v) is 12.9. The largest absolute Gasteiger partial charge is 0.264 e. The molecule has 0 spiro atoms. The fourth-order valence-corrected chi connectivity index (χ4v) is 3.84. The van der Waals surface area contributed by atoms with E-state index in [4.69, 9.17) is 0 Å². The normalized spacial score (nSPS) is 19.2. The molecule has 0 saturated heterocycles. The Morgan fingerprint density at radius 2 is 1.95 bits per heavy atom. The van der Waals surface area contributed by atoms with Crippen LogP contribution in [-0.4, -0.2) is 4.98 Å². The maximum Gasteiger partial charge on any atom is 0.0349 e. The fraction of sp³-hybridized carbons (Fsp3) is 0.167. The molecule has 1 heterocycles. The molecule has 0 amide bonds. The molecule has 1 atom stereocenters. The fourth-order valence-electron chi connectivity index (χ4n) is 3.36. The van der Waals surface area contributed by atoms with E-state index in [-0.39, 0.29) is 5.41 Å². The molecule has 0 radical (unpaired) electrons. The van der Waals surface area contributed by atoms with E-state index in [0.717, 1.165) is 17.3 Å². The number of benzene rings is 1. The molecule has 20 heavy (non-hydrogen) atoms. The highest BCUT2D eigenvalue weighted by molar-refractivity contribution is 9.11. The first-order valence-electron chi connectivity index (χ1n) is 6.67. The van der Waals surface area contributed by atoms with Crippen molar-refractivity contribution in [3.05, 3.63) is 77.6 Å². The van der Waals surface area contributed by atoms with Crippen molar-refractivity contribution in [2.45, 2.75) is 18.3 Å². The van der Waals surface area contributed by atoms with E-state index in [1.807, 2.05) is 18.5 Å². The standard InChI is InChI=1S/C18H16BrN/c1-3-9-18(11-13(2)19)16-7-5-4-6-14(16)15-12-20-10-8-17(15)18/h3-8,10,12H,1-2,9,11H2. The van der Waals surface area contributed by atoms with E-state index in [0.29, 0.717) is 0 Å². The third kappa shape index (κ3) is 1.87. The minimum absolute atomic E-state index is 0.0722. The van der Waals surface area contributed by atoms with Gasteiger partial charge >= 0.3 is 0 Å². The lowest BCUT2D eigenvalue weighted by Gasteiger charge is -2.31. The van der Waals surface area contributed by atoms with Crippen LogP contribution in [0.15, 0.2) is 66.4 Å². The lowest BCUT2D eigenvalue weighted by atomic mass is 9.73. The van der Waals surface area contributed by atoms with Gasteiger partial charge in [-0.2, -0.15) is 0 Å². The van der Waals surface area contributed by atoms with Crippen LogP contribution >= 0.6 is 15.9 Å². The molecule has 1 aromatic heterocycles. The molecule has 1 unspecified atom stereocenters. The van der Waals surface area contributed by atoms with Crippen LogP contribution in [0.3, 0.4) is 0 Å². The van der Waals surface area contributed by atoms with E-state index >= 15 is 0 Å². The van der Waals surface area contributed by atoms with Crippen LogP contribution in [0.1, 0.15) is 24.0 Å². The zero-order chi connectivity index (χ0) is 14.2. The van der Waals surface area contributed by atoms with Gasteiger partial charge in [-0.05, 0) is 40.1 Å². The van der Waals surface area contributed by atoms with Crippen LogP contribution in [0.5, 0.6) is 0 Å². The molecule has 2 heteroatoms. The van der Waals surface area contributed by atoms with Crippen molar-refractivity contribution in [1.29, 1.82) is 0 Å². The van der Waals surface area contributed by atoms with Crippen molar-refractivity contribution >= 4 is 15.9 Å². The lowest BCUT2D eigenvalue weighted by Crippen LogP contribution is -2.24. The van der Waals surface area contributed by atoms with Crippen LogP contribution in [-0.2, 0) is 5.41 Å². The Morgan fingerprint density at radius 1 is 1.20 bits per heavy atom. The van der Waals surface area contributed by atoms with Crippen LogP contribution in [0.25, 0.3) is 11.1 Å². The van der Waals surface area contributed by atoms with Gasteiger partial charge in [-0.25, -0.2) is 0 Å².